The average Bonchev–Trinajstić information content (AvgIpc) is 3.16. The van der Waals surface area contributed by atoms with Gasteiger partial charge >= 0.3 is 0 Å². The number of piperazine rings is 1. The third kappa shape index (κ3) is 2.73. The van der Waals surface area contributed by atoms with Gasteiger partial charge in [-0.3, -0.25) is 9.69 Å². The molecule has 2 aromatic carbocycles. The van der Waals surface area contributed by atoms with Gasteiger partial charge in [0.1, 0.15) is 11.6 Å². The minimum absolute atomic E-state index is 0.0227. The third-order valence-corrected chi connectivity index (χ3v) is 5.82. The molecule has 130 valence electrons. The Morgan fingerprint density at radius 3 is 2.52 bits per heavy atom. The summed E-state index contributed by atoms with van der Waals surface area (Å²) in [5.74, 6) is -1.09. The normalized spacial score (nSPS) is 22.8. The number of amides is 1. The molecule has 6 heteroatoms. The summed E-state index contributed by atoms with van der Waals surface area (Å²) in [6.45, 7) is 0.760. The molecule has 2 aliphatic heterocycles. The molecule has 2 aromatic rings. The predicted octanol–water partition coefficient (Wildman–Crippen LogP) is 3.68. The van der Waals surface area contributed by atoms with Crippen LogP contribution >= 0.6 is 11.8 Å². The minimum Gasteiger partial charge on any atom is -0.306 e. The number of nitrogens with zero attached hydrogens (tertiary/aromatic N) is 2. The van der Waals surface area contributed by atoms with Crippen LogP contribution in [0, 0.1) is 11.6 Å². The predicted molar refractivity (Wildman–Crippen MR) is 94.7 cm³/mol. The molecule has 4 rings (SSSR count). The molecule has 0 aromatic heterocycles. The number of hydrogen-bond acceptors (Lipinski definition) is 3. The van der Waals surface area contributed by atoms with E-state index in [2.05, 4.69) is 0 Å². The molecule has 3 nitrogen and oxygen atoms in total. The smallest absolute Gasteiger partial charge is 0.244 e. The first-order valence-electron chi connectivity index (χ1n) is 8.23. The van der Waals surface area contributed by atoms with Gasteiger partial charge < -0.3 is 4.90 Å². The molecule has 2 bridgehead atoms. The zero-order valence-corrected chi connectivity index (χ0v) is 14.6. The summed E-state index contributed by atoms with van der Waals surface area (Å²) in [7, 11) is 0. The number of thioether (sulfide) groups is 1. The number of hydrogen-bond donors (Lipinski definition) is 0. The summed E-state index contributed by atoms with van der Waals surface area (Å²) in [5.41, 5.74) is 0.975. The van der Waals surface area contributed by atoms with Crippen molar-refractivity contribution in [2.45, 2.75) is 29.9 Å². The highest BCUT2D eigenvalue weighted by Gasteiger charge is 2.50. The molecule has 0 radical (unpaired) electrons. The number of anilines is 1. The Labute approximate surface area is 149 Å². The van der Waals surface area contributed by atoms with Crippen molar-refractivity contribution in [2.75, 3.05) is 17.7 Å². The first kappa shape index (κ1) is 16.5. The van der Waals surface area contributed by atoms with E-state index in [1.807, 2.05) is 40.3 Å². The lowest BCUT2D eigenvalue weighted by Gasteiger charge is -2.34. The van der Waals surface area contributed by atoms with Crippen molar-refractivity contribution in [2.24, 2.45) is 0 Å². The first-order valence-corrected chi connectivity index (χ1v) is 9.45. The monoisotopic (exact) mass is 360 g/mol. The van der Waals surface area contributed by atoms with Gasteiger partial charge in [-0.2, -0.15) is 0 Å². The topological polar surface area (TPSA) is 23.6 Å². The van der Waals surface area contributed by atoms with E-state index in [0.29, 0.717) is 13.0 Å². The zero-order chi connectivity index (χ0) is 17.6. The van der Waals surface area contributed by atoms with E-state index in [9.17, 15) is 13.6 Å². The number of carbonyl (C=O) groups is 1. The van der Waals surface area contributed by atoms with Crippen molar-refractivity contribution in [3.8, 4) is 0 Å². The van der Waals surface area contributed by atoms with Gasteiger partial charge in [0.05, 0.1) is 17.8 Å². The Morgan fingerprint density at radius 1 is 1.12 bits per heavy atom. The zero-order valence-electron chi connectivity index (χ0n) is 13.8. The summed E-state index contributed by atoms with van der Waals surface area (Å²) >= 11 is 1.61. The second-order valence-electron chi connectivity index (χ2n) is 6.42. The van der Waals surface area contributed by atoms with Crippen LogP contribution in [-0.4, -0.2) is 35.7 Å². The number of likely N-dealkylation sites (tertiary alicyclic amines) is 1. The lowest BCUT2D eigenvalue weighted by atomic mass is 10.1. The second-order valence-corrected chi connectivity index (χ2v) is 7.26. The molecule has 0 aliphatic carbocycles. The van der Waals surface area contributed by atoms with Crippen molar-refractivity contribution in [1.82, 2.24) is 4.90 Å². The maximum atomic E-state index is 13.9. The maximum Gasteiger partial charge on any atom is 0.244 e. The van der Waals surface area contributed by atoms with Gasteiger partial charge in [-0.15, -0.1) is 11.8 Å². The van der Waals surface area contributed by atoms with Crippen molar-refractivity contribution in [3.63, 3.8) is 0 Å². The third-order valence-electron chi connectivity index (χ3n) is 5.04. The number of halogens is 2. The molecule has 2 heterocycles. The molecule has 25 heavy (non-hydrogen) atoms. The van der Waals surface area contributed by atoms with Gasteiger partial charge in [-0.05, 0) is 36.9 Å². The molecule has 2 aliphatic rings. The van der Waals surface area contributed by atoms with Crippen molar-refractivity contribution in [1.29, 1.82) is 0 Å². The standard InChI is InChI=1S/C19H18F2N2OS/c1-25-18-8-3-2-7-16(18)23-12-9-17(19(23)24)22(10-12)11-13-14(20)5-4-6-15(13)21/h2-8,12,17H,9-11H2,1H3/t12-,17-/m0/s1. The molecule has 1 amide bonds. The Hall–Kier alpha value is -1.92. The molecule has 0 spiro atoms. The lowest BCUT2D eigenvalue weighted by molar-refractivity contribution is -0.122. The lowest BCUT2D eigenvalue weighted by Crippen LogP contribution is -2.50. The summed E-state index contributed by atoms with van der Waals surface area (Å²) in [6, 6.07) is 11.5. The van der Waals surface area contributed by atoms with E-state index in [1.54, 1.807) is 11.8 Å². The summed E-state index contributed by atoms with van der Waals surface area (Å²) in [6.07, 6.45) is 2.70. The van der Waals surface area contributed by atoms with Crippen LogP contribution in [0.25, 0.3) is 0 Å². The van der Waals surface area contributed by atoms with Crippen LogP contribution in [-0.2, 0) is 11.3 Å². The second kappa shape index (κ2) is 6.42. The molecule has 0 saturated carbocycles. The van der Waals surface area contributed by atoms with E-state index in [1.165, 1.54) is 18.2 Å². The fourth-order valence-electron chi connectivity index (χ4n) is 3.87. The Balaban J connectivity index is 1.57. The number of fused-ring (bicyclic) bond motifs is 2. The Morgan fingerprint density at radius 2 is 1.84 bits per heavy atom. The minimum atomic E-state index is -0.556. The van der Waals surface area contributed by atoms with E-state index >= 15 is 0 Å². The molecule has 2 atom stereocenters. The van der Waals surface area contributed by atoms with Crippen molar-refractivity contribution in [3.05, 3.63) is 59.7 Å². The van der Waals surface area contributed by atoms with Gasteiger partial charge in [0.2, 0.25) is 5.91 Å². The SMILES string of the molecule is CSc1ccccc1N1C(=O)[C@@H]2C[C@H]1CN2Cc1c(F)cccc1F. The van der Waals surface area contributed by atoms with Crippen molar-refractivity contribution < 1.29 is 13.6 Å². The van der Waals surface area contributed by atoms with E-state index in [4.69, 9.17) is 0 Å². The van der Waals surface area contributed by atoms with Crippen LogP contribution in [0.4, 0.5) is 14.5 Å². The van der Waals surface area contributed by atoms with Crippen LogP contribution in [0.15, 0.2) is 47.4 Å². The van der Waals surface area contributed by atoms with Crippen LogP contribution in [0.1, 0.15) is 12.0 Å². The summed E-state index contributed by atoms with van der Waals surface area (Å²) in [5, 5.41) is 0. The number of benzene rings is 2. The molecular formula is C19H18F2N2OS. The average molecular weight is 360 g/mol. The Bertz CT molecular complexity index is 809. The van der Waals surface area contributed by atoms with Gasteiger partial charge in [-0.1, -0.05) is 18.2 Å². The number of carbonyl (C=O) groups excluding carboxylic acids is 1. The van der Waals surface area contributed by atoms with Gasteiger partial charge in [0, 0.05) is 23.5 Å². The van der Waals surface area contributed by atoms with Gasteiger partial charge in [0.15, 0.2) is 0 Å². The highest BCUT2D eigenvalue weighted by molar-refractivity contribution is 7.98. The largest absolute Gasteiger partial charge is 0.306 e. The van der Waals surface area contributed by atoms with Crippen LogP contribution in [0.5, 0.6) is 0 Å². The van der Waals surface area contributed by atoms with E-state index in [0.717, 1.165) is 10.6 Å². The first-order chi connectivity index (χ1) is 12.1. The molecule has 2 fully saturated rings. The highest BCUT2D eigenvalue weighted by Crippen LogP contribution is 2.40. The van der Waals surface area contributed by atoms with Crippen LogP contribution in [0.3, 0.4) is 0 Å². The quantitative estimate of drug-likeness (QED) is 0.777. The fraction of sp³-hybridized carbons (Fsp3) is 0.316. The Kier molecular flexibility index (Phi) is 4.25. The molecule has 2 saturated heterocycles. The van der Waals surface area contributed by atoms with Crippen molar-refractivity contribution >= 4 is 23.4 Å². The van der Waals surface area contributed by atoms with E-state index < -0.39 is 11.6 Å². The molecule has 0 N–H and O–H groups in total. The van der Waals surface area contributed by atoms with Gasteiger partial charge in [-0.25, -0.2) is 8.78 Å². The molecule has 0 unspecified atom stereocenters. The molecular weight excluding hydrogens is 342 g/mol. The fourth-order valence-corrected chi connectivity index (χ4v) is 4.46. The number of para-hydroxylation sites is 1. The van der Waals surface area contributed by atoms with Gasteiger partial charge in [0.25, 0.3) is 0 Å². The highest BCUT2D eigenvalue weighted by atomic mass is 32.2. The summed E-state index contributed by atoms with van der Waals surface area (Å²) in [4.78, 5) is 17.7. The van der Waals surface area contributed by atoms with Crippen LogP contribution in [0.2, 0.25) is 0 Å². The maximum absolute atomic E-state index is 13.9. The van der Waals surface area contributed by atoms with Crippen LogP contribution < -0.4 is 4.90 Å². The number of rotatable bonds is 4. The van der Waals surface area contributed by atoms with E-state index in [-0.39, 0.29) is 30.1 Å². The summed E-state index contributed by atoms with van der Waals surface area (Å²) < 4.78 is 27.8.